The Morgan fingerprint density at radius 2 is 1.80 bits per heavy atom. The van der Waals surface area contributed by atoms with Crippen molar-refractivity contribution in [1.82, 2.24) is 10.3 Å². The SMILES string of the molecule is CCN(c1ccc(F)cc1)c1ccc(C(C)NC)nc1. The largest absolute Gasteiger partial charge is 0.341 e. The normalized spacial score (nSPS) is 12.2. The lowest BCUT2D eigenvalue weighted by Crippen LogP contribution is -2.17. The van der Waals surface area contributed by atoms with Crippen LogP contribution in [-0.2, 0) is 0 Å². The highest BCUT2D eigenvalue weighted by molar-refractivity contribution is 5.62. The molecule has 2 aromatic rings. The van der Waals surface area contributed by atoms with E-state index in [1.54, 1.807) is 12.1 Å². The average molecular weight is 273 g/mol. The van der Waals surface area contributed by atoms with Gasteiger partial charge in [0.05, 0.1) is 17.6 Å². The summed E-state index contributed by atoms with van der Waals surface area (Å²) in [5.74, 6) is -0.221. The Hall–Kier alpha value is -1.94. The van der Waals surface area contributed by atoms with Crippen LogP contribution in [0.25, 0.3) is 0 Å². The maximum Gasteiger partial charge on any atom is 0.123 e. The Kier molecular flexibility index (Phi) is 4.69. The molecule has 0 aliphatic carbocycles. The van der Waals surface area contributed by atoms with Crippen LogP contribution in [0.15, 0.2) is 42.6 Å². The minimum Gasteiger partial charge on any atom is -0.341 e. The van der Waals surface area contributed by atoms with Crippen molar-refractivity contribution >= 4 is 11.4 Å². The van der Waals surface area contributed by atoms with Gasteiger partial charge in [0, 0.05) is 18.3 Å². The van der Waals surface area contributed by atoms with Crippen molar-refractivity contribution in [3.05, 3.63) is 54.1 Å². The van der Waals surface area contributed by atoms with E-state index in [0.29, 0.717) is 0 Å². The van der Waals surface area contributed by atoms with Gasteiger partial charge in [-0.05, 0) is 57.3 Å². The highest BCUT2D eigenvalue weighted by Gasteiger charge is 2.09. The number of pyridine rings is 1. The van der Waals surface area contributed by atoms with Gasteiger partial charge in [0.25, 0.3) is 0 Å². The fourth-order valence-corrected chi connectivity index (χ4v) is 2.10. The molecule has 0 saturated heterocycles. The molecule has 3 nitrogen and oxygen atoms in total. The van der Waals surface area contributed by atoms with E-state index < -0.39 is 0 Å². The van der Waals surface area contributed by atoms with E-state index in [1.165, 1.54) is 12.1 Å². The summed E-state index contributed by atoms with van der Waals surface area (Å²) < 4.78 is 13.0. The number of nitrogens with one attached hydrogen (secondary N) is 1. The van der Waals surface area contributed by atoms with Gasteiger partial charge >= 0.3 is 0 Å². The Balaban J connectivity index is 2.25. The molecule has 1 atom stereocenters. The summed E-state index contributed by atoms with van der Waals surface area (Å²) in [6, 6.07) is 10.8. The summed E-state index contributed by atoms with van der Waals surface area (Å²) in [6.45, 7) is 4.93. The van der Waals surface area contributed by atoms with E-state index in [9.17, 15) is 4.39 Å². The minimum absolute atomic E-state index is 0.221. The Morgan fingerprint density at radius 3 is 2.30 bits per heavy atom. The van der Waals surface area contributed by atoms with Gasteiger partial charge in [0.2, 0.25) is 0 Å². The van der Waals surface area contributed by atoms with Crippen LogP contribution in [0.5, 0.6) is 0 Å². The van der Waals surface area contributed by atoms with Crippen LogP contribution >= 0.6 is 0 Å². The van der Waals surface area contributed by atoms with Gasteiger partial charge in [-0.1, -0.05) is 0 Å². The van der Waals surface area contributed by atoms with E-state index in [2.05, 4.69) is 29.0 Å². The van der Waals surface area contributed by atoms with Crippen LogP contribution in [0, 0.1) is 5.82 Å². The van der Waals surface area contributed by atoms with E-state index in [4.69, 9.17) is 0 Å². The Morgan fingerprint density at radius 1 is 1.15 bits per heavy atom. The summed E-state index contributed by atoms with van der Waals surface area (Å²) in [5, 5.41) is 3.16. The van der Waals surface area contributed by atoms with Crippen LogP contribution < -0.4 is 10.2 Å². The molecule has 0 spiro atoms. The Bertz CT molecular complexity index is 537. The lowest BCUT2D eigenvalue weighted by Gasteiger charge is -2.23. The number of aromatic nitrogens is 1. The zero-order valence-electron chi connectivity index (χ0n) is 12.1. The van der Waals surface area contributed by atoms with Crippen LogP contribution in [0.1, 0.15) is 25.6 Å². The summed E-state index contributed by atoms with van der Waals surface area (Å²) in [4.78, 5) is 6.58. The van der Waals surface area contributed by atoms with Crippen molar-refractivity contribution in [1.29, 1.82) is 0 Å². The van der Waals surface area contributed by atoms with Gasteiger partial charge in [0.1, 0.15) is 5.82 Å². The second-order valence-corrected chi connectivity index (χ2v) is 4.67. The first-order valence-corrected chi connectivity index (χ1v) is 6.82. The summed E-state index contributed by atoms with van der Waals surface area (Å²) in [6.07, 6.45) is 1.86. The number of anilines is 2. The average Bonchev–Trinajstić information content (AvgIpc) is 2.50. The van der Waals surface area contributed by atoms with Gasteiger partial charge < -0.3 is 10.2 Å². The number of hydrogen-bond donors (Lipinski definition) is 1. The summed E-state index contributed by atoms with van der Waals surface area (Å²) in [5.41, 5.74) is 2.97. The molecule has 0 bridgehead atoms. The summed E-state index contributed by atoms with van der Waals surface area (Å²) >= 11 is 0. The third-order valence-electron chi connectivity index (χ3n) is 3.41. The first kappa shape index (κ1) is 14.5. The number of rotatable bonds is 5. The van der Waals surface area contributed by atoms with Crippen LogP contribution in [0.3, 0.4) is 0 Å². The number of benzene rings is 1. The van der Waals surface area contributed by atoms with E-state index in [0.717, 1.165) is 23.6 Å². The third kappa shape index (κ3) is 3.14. The summed E-state index contributed by atoms with van der Waals surface area (Å²) in [7, 11) is 1.91. The molecule has 1 aromatic carbocycles. The van der Waals surface area contributed by atoms with Crippen molar-refractivity contribution in [3.8, 4) is 0 Å². The quantitative estimate of drug-likeness (QED) is 0.901. The van der Waals surface area contributed by atoms with E-state index in [-0.39, 0.29) is 11.9 Å². The standard InChI is InChI=1S/C16H20FN3/c1-4-20(14-7-5-13(17)6-8-14)15-9-10-16(19-11-15)12(2)18-3/h5-12,18H,4H2,1-3H3. The molecular formula is C16H20FN3. The molecule has 0 amide bonds. The molecule has 0 aliphatic heterocycles. The second kappa shape index (κ2) is 6.48. The second-order valence-electron chi connectivity index (χ2n) is 4.67. The van der Waals surface area contributed by atoms with Gasteiger partial charge in [-0.25, -0.2) is 4.39 Å². The van der Waals surface area contributed by atoms with Gasteiger partial charge in [-0.2, -0.15) is 0 Å². The predicted octanol–water partition coefficient (Wildman–Crippen LogP) is 3.66. The monoisotopic (exact) mass is 273 g/mol. The minimum atomic E-state index is -0.221. The predicted molar refractivity (Wildman–Crippen MR) is 80.8 cm³/mol. The molecule has 4 heteroatoms. The molecule has 0 aliphatic rings. The molecule has 106 valence electrons. The molecule has 0 saturated carbocycles. The lowest BCUT2D eigenvalue weighted by molar-refractivity contribution is 0.627. The molecule has 2 rings (SSSR count). The van der Waals surface area contributed by atoms with Crippen molar-refractivity contribution in [3.63, 3.8) is 0 Å². The fourth-order valence-electron chi connectivity index (χ4n) is 2.10. The molecular weight excluding hydrogens is 253 g/mol. The number of halogens is 1. The highest BCUT2D eigenvalue weighted by atomic mass is 19.1. The zero-order valence-corrected chi connectivity index (χ0v) is 12.1. The van der Waals surface area contributed by atoms with Crippen molar-refractivity contribution in [2.45, 2.75) is 19.9 Å². The van der Waals surface area contributed by atoms with Crippen LogP contribution in [-0.4, -0.2) is 18.6 Å². The van der Waals surface area contributed by atoms with Crippen molar-refractivity contribution in [2.24, 2.45) is 0 Å². The fraction of sp³-hybridized carbons (Fsp3) is 0.312. The molecule has 20 heavy (non-hydrogen) atoms. The molecule has 0 radical (unpaired) electrons. The molecule has 1 heterocycles. The van der Waals surface area contributed by atoms with Crippen LogP contribution in [0.4, 0.5) is 15.8 Å². The first-order valence-electron chi connectivity index (χ1n) is 6.82. The number of nitrogens with zero attached hydrogens (tertiary/aromatic N) is 2. The zero-order chi connectivity index (χ0) is 14.5. The number of hydrogen-bond acceptors (Lipinski definition) is 3. The van der Waals surface area contributed by atoms with E-state index >= 15 is 0 Å². The maximum atomic E-state index is 13.0. The maximum absolute atomic E-state index is 13.0. The van der Waals surface area contributed by atoms with Crippen molar-refractivity contribution in [2.75, 3.05) is 18.5 Å². The molecule has 1 unspecified atom stereocenters. The van der Waals surface area contributed by atoms with Gasteiger partial charge in [-0.3, -0.25) is 4.98 Å². The third-order valence-corrected chi connectivity index (χ3v) is 3.41. The smallest absolute Gasteiger partial charge is 0.123 e. The Labute approximate surface area is 119 Å². The van der Waals surface area contributed by atoms with Crippen LogP contribution in [0.2, 0.25) is 0 Å². The molecule has 0 fully saturated rings. The van der Waals surface area contributed by atoms with Crippen molar-refractivity contribution < 1.29 is 4.39 Å². The van der Waals surface area contributed by atoms with Gasteiger partial charge in [0.15, 0.2) is 0 Å². The molecule has 1 N–H and O–H groups in total. The van der Waals surface area contributed by atoms with E-state index in [1.807, 2.05) is 25.4 Å². The molecule has 1 aromatic heterocycles. The van der Waals surface area contributed by atoms with Gasteiger partial charge in [-0.15, -0.1) is 0 Å². The first-order chi connectivity index (χ1) is 9.65. The highest BCUT2D eigenvalue weighted by Crippen LogP contribution is 2.25. The topological polar surface area (TPSA) is 28.2 Å². The lowest BCUT2D eigenvalue weighted by atomic mass is 10.2.